The number of nitrogens with one attached hydrogen (secondary N) is 2. The van der Waals surface area contributed by atoms with Crippen LogP contribution in [0.3, 0.4) is 0 Å². The number of H-pyrrole nitrogens is 1. The van der Waals surface area contributed by atoms with Gasteiger partial charge in [-0.1, -0.05) is 11.6 Å². The SMILES string of the molecule is CC(NC(=O)c1c[nH]ccc1=O)c1ccc(Cl)s1. The van der Waals surface area contributed by atoms with Crippen molar-refractivity contribution in [3.05, 3.63) is 55.6 Å². The minimum Gasteiger partial charge on any atom is -0.367 e. The predicted octanol–water partition coefficient (Wildman–Crippen LogP) is 2.58. The molecule has 2 rings (SSSR count). The van der Waals surface area contributed by atoms with E-state index in [1.165, 1.54) is 29.8 Å². The fourth-order valence-corrected chi connectivity index (χ4v) is 2.56. The third kappa shape index (κ3) is 2.80. The fourth-order valence-electron chi connectivity index (χ4n) is 1.50. The highest BCUT2D eigenvalue weighted by atomic mass is 35.5. The van der Waals surface area contributed by atoms with Crippen LogP contribution in [0.2, 0.25) is 4.34 Å². The monoisotopic (exact) mass is 282 g/mol. The maximum atomic E-state index is 11.9. The fraction of sp³-hybridized carbons (Fsp3) is 0.167. The lowest BCUT2D eigenvalue weighted by atomic mass is 10.2. The molecular weight excluding hydrogens is 272 g/mol. The summed E-state index contributed by atoms with van der Waals surface area (Å²) >= 11 is 7.24. The normalized spacial score (nSPS) is 12.1. The lowest BCUT2D eigenvalue weighted by Crippen LogP contribution is -2.30. The Morgan fingerprint density at radius 3 is 2.83 bits per heavy atom. The molecule has 0 bridgehead atoms. The second-order valence-corrected chi connectivity index (χ2v) is 5.51. The number of hydrogen-bond acceptors (Lipinski definition) is 3. The molecule has 2 aromatic heterocycles. The number of pyridine rings is 1. The van der Waals surface area contributed by atoms with E-state index in [-0.39, 0.29) is 17.0 Å². The van der Waals surface area contributed by atoms with Crippen LogP contribution in [0.15, 0.2) is 35.4 Å². The molecule has 2 heterocycles. The Hall–Kier alpha value is -1.59. The highest BCUT2D eigenvalue weighted by Crippen LogP contribution is 2.26. The van der Waals surface area contributed by atoms with Gasteiger partial charge in [-0.05, 0) is 19.1 Å². The van der Waals surface area contributed by atoms with Gasteiger partial charge in [0.1, 0.15) is 5.56 Å². The van der Waals surface area contributed by atoms with Gasteiger partial charge in [0, 0.05) is 23.3 Å². The van der Waals surface area contributed by atoms with E-state index in [0.29, 0.717) is 4.34 Å². The van der Waals surface area contributed by atoms with Crippen LogP contribution in [0.4, 0.5) is 0 Å². The first-order valence-electron chi connectivity index (χ1n) is 5.31. The molecule has 1 atom stereocenters. The molecule has 4 nitrogen and oxygen atoms in total. The highest BCUT2D eigenvalue weighted by molar-refractivity contribution is 7.16. The minimum absolute atomic E-state index is 0.104. The Kier molecular flexibility index (Phi) is 3.84. The lowest BCUT2D eigenvalue weighted by molar-refractivity contribution is 0.0939. The number of hydrogen-bond donors (Lipinski definition) is 2. The van der Waals surface area contributed by atoms with Gasteiger partial charge >= 0.3 is 0 Å². The Labute approximate surface area is 113 Å². The summed E-state index contributed by atoms with van der Waals surface area (Å²) in [6.45, 7) is 1.84. The van der Waals surface area contributed by atoms with Gasteiger partial charge < -0.3 is 10.3 Å². The van der Waals surface area contributed by atoms with Gasteiger partial charge in [-0.15, -0.1) is 11.3 Å². The Morgan fingerprint density at radius 1 is 1.44 bits per heavy atom. The van der Waals surface area contributed by atoms with E-state index in [4.69, 9.17) is 11.6 Å². The van der Waals surface area contributed by atoms with Crippen LogP contribution in [0.5, 0.6) is 0 Å². The number of aromatic amines is 1. The molecule has 0 radical (unpaired) electrons. The van der Waals surface area contributed by atoms with Crippen LogP contribution in [0, 0.1) is 0 Å². The van der Waals surface area contributed by atoms with Crippen molar-refractivity contribution in [1.29, 1.82) is 0 Å². The molecule has 0 spiro atoms. The molecule has 0 aromatic carbocycles. The first-order valence-corrected chi connectivity index (χ1v) is 6.50. The van der Waals surface area contributed by atoms with E-state index < -0.39 is 5.91 Å². The number of amides is 1. The van der Waals surface area contributed by atoms with Crippen molar-refractivity contribution < 1.29 is 4.79 Å². The van der Waals surface area contributed by atoms with E-state index in [1.54, 1.807) is 6.07 Å². The maximum Gasteiger partial charge on any atom is 0.257 e. The van der Waals surface area contributed by atoms with Crippen molar-refractivity contribution in [2.24, 2.45) is 0 Å². The zero-order chi connectivity index (χ0) is 13.1. The molecule has 0 saturated heterocycles. The van der Waals surface area contributed by atoms with E-state index in [1.807, 2.05) is 13.0 Å². The second-order valence-electron chi connectivity index (χ2n) is 3.76. The molecule has 0 aliphatic carbocycles. The largest absolute Gasteiger partial charge is 0.367 e. The van der Waals surface area contributed by atoms with Crippen LogP contribution < -0.4 is 10.7 Å². The second kappa shape index (κ2) is 5.37. The minimum atomic E-state index is -0.395. The van der Waals surface area contributed by atoms with Crippen molar-refractivity contribution in [2.75, 3.05) is 0 Å². The Balaban J connectivity index is 2.13. The molecule has 6 heteroatoms. The van der Waals surface area contributed by atoms with Crippen LogP contribution in [-0.2, 0) is 0 Å². The van der Waals surface area contributed by atoms with E-state index in [2.05, 4.69) is 10.3 Å². The molecule has 1 unspecified atom stereocenters. The molecule has 0 aliphatic rings. The topological polar surface area (TPSA) is 62.0 Å². The van der Waals surface area contributed by atoms with Gasteiger partial charge in [-0.25, -0.2) is 0 Å². The zero-order valence-corrected chi connectivity index (χ0v) is 11.1. The average molecular weight is 283 g/mol. The number of aromatic nitrogens is 1. The number of thiophene rings is 1. The van der Waals surface area contributed by atoms with Crippen molar-refractivity contribution >= 4 is 28.8 Å². The van der Waals surface area contributed by atoms with Crippen LogP contribution in [0.25, 0.3) is 0 Å². The quantitative estimate of drug-likeness (QED) is 0.909. The predicted molar refractivity (Wildman–Crippen MR) is 72.3 cm³/mol. The van der Waals surface area contributed by atoms with Crippen LogP contribution in [0.1, 0.15) is 28.2 Å². The summed E-state index contributed by atoms with van der Waals surface area (Å²) in [5.74, 6) is -0.395. The van der Waals surface area contributed by atoms with Gasteiger partial charge in [0.2, 0.25) is 0 Å². The number of carbonyl (C=O) groups excluding carboxylic acids is 1. The smallest absolute Gasteiger partial charge is 0.257 e. The maximum absolute atomic E-state index is 11.9. The molecular formula is C12H11ClN2O2S. The number of carbonyl (C=O) groups is 1. The highest BCUT2D eigenvalue weighted by Gasteiger charge is 2.14. The van der Waals surface area contributed by atoms with Gasteiger partial charge in [0.05, 0.1) is 10.4 Å². The summed E-state index contributed by atoms with van der Waals surface area (Å²) in [6, 6.07) is 4.77. The summed E-state index contributed by atoms with van der Waals surface area (Å²) in [6.07, 6.45) is 2.88. The molecule has 0 fully saturated rings. The summed E-state index contributed by atoms with van der Waals surface area (Å²) < 4.78 is 0.670. The Morgan fingerprint density at radius 2 is 2.22 bits per heavy atom. The van der Waals surface area contributed by atoms with Crippen LogP contribution >= 0.6 is 22.9 Å². The van der Waals surface area contributed by atoms with Gasteiger partial charge in [-0.2, -0.15) is 0 Å². The number of halogens is 1. The molecule has 0 saturated carbocycles. The van der Waals surface area contributed by atoms with E-state index >= 15 is 0 Å². The summed E-state index contributed by atoms with van der Waals surface area (Å²) in [5.41, 5.74) is -0.199. The van der Waals surface area contributed by atoms with Gasteiger partial charge in [0.25, 0.3) is 5.91 Å². The summed E-state index contributed by atoms with van der Waals surface area (Å²) in [7, 11) is 0. The summed E-state index contributed by atoms with van der Waals surface area (Å²) in [4.78, 5) is 27.0. The zero-order valence-electron chi connectivity index (χ0n) is 9.57. The van der Waals surface area contributed by atoms with E-state index in [0.717, 1.165) is 4.88 Å². The average Bonchev–Trinajstić information content (AvgIpc) is 2.76. The molecule has 2 N–H and O–H groups in total. The molecule has 18 heavy (non-hydrogen) atoms. The van der Waals surface area contributed by atoms with Gasteiger partial charge in [0.15, 0.2) is 5.43 Å². The van der Waals surface area contributed by atoms with Gasteiger partial charge in [-0.3, -0.25) is 9.59 Å². The summed E-state index contributed by atoms with van der Waals surface area (Å²) in [5, 5.41) is 2.76. The van der Waals surface area contributed by atoms with Crippen LogP contribution in [-0.4, -0.2) is 10.9 Å². The van der Waals surface area contributed by atoms with Crippen molar-refractivity contribution in [3.8, 4) is 0 Å². The van der Waals surface area contributed by atoms with Crippen molar-refractivity contribution in [1.82, 2.24) is 10.3 Å². The molecule has 0 aliphatic heterocycles. The first-order chi connectivity index (χ1) is 8.58. The third-order valence-corrected chi connectivity index (χ3v) is 3.85. The van der Waals surface area contributed by atoms with Crippen molar-refractivity contribution in [2.45, 2.75) is 13.0 Å². The molecule has 2 aromatic rings. The first kappa shape index (κ1) is 12.9. The van der Waals surface area contributed by atoms with E-state index in [9.17, 15) is 9.59 Å². The Bertz CT molecular complexity index is 620. The lowest BCUT2D eigenvalue weighted by Gasteiger charge is -2.11. The molecule has 1 amide bonds. The standard InChI is InChI=1S/C12H11ClN2O2S/c1-7(10-2-3-11(13)18-10)15-12(17)8-6-14-5-4-9(8)16/h2-7H,1H3,(H,14,16)(H,15,17). The number of rotatable bonds is 3. The third-order valence-electron chi connectivity index (χ3n) is 2.44. The molecule has 94 valence electrons. The van der Waals surface area contributed by atoms with Crippen molar-refractivity contribution in [3.63, 3.8) is 0 Å².